The van der Waals surface area contributed by atoms with Crippen LogP contribution in [-0.4, -0.2) is 56.0 Å². The number of H-pyrrole nitrogens is 1. The van der Waals surface area contributed by atoms with Gasteiger partial charge >= 0.3 is 5.69 Å². The molecule has 0 saturated carbocycles. The van der Waals surface area contributed by atoms with Crippen LogP contribution in [0.2, 0.25) is 0 Å². The van der Waals surface area contributed by atoms with Gasteiger partial charge in [-0.15, -0.1) is 0 Å². The molecule has 0 fully saturated rings. The van der Waals surface area contributed by atoms with E-state index in [9.17, 15) is 9.59 Å². The highest BCUT2D eigenvalue weighted by Crippen LogP contribution is 2.19. The molecule has 0 atom stereocenters. The molecule has 3 heterocycles. The fraction of sp³-hybridized carbons (Fsp3) is 0.353. The van der Waals surface area contributed by atoms with Crippen molar-refractivity contribution in [2.24, 2.45) is 0 Å². The van der Waals surface area contributed by atoms with Gasteiger partial charge in [0.1, 0.15) is 5.52 Å². The quantitative estimate of drug-likeness (QED) is 0.470. The average Bonchev–Trinajstić information content (AvgIpc) is 2.68. The number of pyridine rings is 1. The molecule has 0 amide bonds. The summed E-state index contributed by atoms with van der Waals surface area (Å²) >= 11 is 0. The van der Waals surface area contributed by atoms with Crippen LogP contribution in [-0.2, 0) is 11.3 Å². The lowest BCUT2D eigenvalue weighted by atomic mass is 10.2. The van der Waals surface area contributed by atoms with Crippen molar-refractivity contribution in [3.8, 4) is 11.3 Å². The minimum atomic E-state index is -0.450. The number of rotatable bonds is 8. The summed E-state index contributed by atoms with van der Waals surface area (Å²) < 4.78 is 6.94. The number of aromatic nitrogens is 5. The van der Waals surface area contributed by atoms with Gasteiger partial charge in [-0.25, -0.2) is 14.8 Å². The number of anilines is 1. The van der Waals surface area contributed by atoms with Gasteiger partial charge in [0.15, 0.2) is 5.82 Å². The van der Waals surface area contributed by atoms with E-state index in [1.54, 1.807) is 16.8 Å². The van der Waals surface area contributed by atoms with Crippen LogP contribution in [0.1, 0.15) is 6.92 Å². The van der Waals surface area contributed by atoms with Gasteiger partial charge in [-0.1, -0.05) is 0 Å². The number of aliphatic hydroxyl groups is 1. The Morgan fingerprint density at radius 2 is 2.15 bits per heavy atom. The van der Waals surface area contributed by atoms with E-state index in [4.69, 9.17) is 9.84 Å². The lowest BCUT2D eigenvalue weighted by Gasteiger charge is -2.13. The first-order valence-electron chi connectivity index (χ1n) is 8.52. The molecule has 0 aromatic carbocycles. The maximum Gasteiger partial charge on any atom is 0.344 e. The van der Waals surface area contributed by atoms with E-state index < -0.39 is 5.69 Å². The number of aromatic amines is 1. The largest absolute Gasteiger partial charge is 0.395 e. The molecule has 0 spiro atoms. The molecule has 0 radical (unpaired) electrons. The fourth-order valence-corrected chi connectivity index (χ4v) is 2.60. The summed E-state index contributed by atoms with van der Waals surface area (Å²) in [4.78, 5) is 38.8. The predicted molar refractivity (Wildman–Crippen MR) is 99.7 cm³/mol. The van der Waals surface area contributed by atoms with Crippen LogP contribution in [0.5, 0.6) is 0 Å². The van der Waals surface area contributed by atoms with Crippen molar-refractivity contribution < 1.29 is 9.84 Å². The molecule has 3 rings (SSSR count). The second kappa shape index (κ2) is 8.52. The SMILES string of the molecule is CCOCCn1c(=O)c(NCCO)nc2cnc(-c3cnc(=O)[nH]c3)cc21. The van der Waals surface area contributed by atoms with Crippen molar-refractivity contribution in [2.75, 3.05) is 31.7 Å². The molecular weight excluding hydrogens is 352 g/mol. The van der Waals surface area contributed by atoms with Gasteiger partial charge < -0.3 is 24.7 Å². The van der Waals surface area contributed by atoms with E-state index in [2.05, 4.69) is 25.3 Å². The van der Waals surface area contributed by atoms with Crippen LogP contribution in [0, 0.1) is 0 Å². The zero-order valence-corrected chi connectivity index (χ0v) is 14.8. The second-order valence-corrected chi connectivity index (χ2v) is 5.63. The van der Waals surface area contributed by atoms with Crippen LogP contribution >= 0.6 is 0 Å². The number of nitrogens with one attached hydrogen (secondary N) is 2. The third-order valence-electron chi connectivity index (χ3n) is 3.87. The minimum Gasteiger partial charge on any atom is -0.395 e. The lowest BCUT2D eigenvalue weighted by molar-refractivity contribution is 0.139. The Bertz CT molecular complexity index is 1030. The van der Waals surface area contributed by atoms with Crippen molar-refractivity contribution >= 4 is 16.9 Å². The number of aliphatic hydroxyl groups excluding tert-OH is 1. The molecule has 10 heteroatoms. The van der Waals surface area contributed by atoms with Gasteiger partial charge in [-0.05, 0) is 13.0 Å². The number of hydrogen-bond acceptors (Lipinski definition) is 8. The summed E-state index contributed by atoms with van der Waals surface area (Å²) in [7, 11) is 0. The Morgan fingerprint density at radius 3 is 2.85 bits per heavy atom. The Labute approximate surface area is 153 Å². The molecule has 0 aliphatic heterocycles. The Balaban J connectivity index is 2.11. The number of ether oxygens (including phenoxy) is 1. The molecule has 3 aromatic rings. The van der Waals surface area contributed by atoms with Crippen molar-refractivity contribution in [3.63, 3.8) is 0 Å². The van der Waals surface area contributed by atoms with Gasteiger partial charge in [-0.2, -0.15) is 0 Å². The third kappa shape index (κ3) is 4.18. The normalized spacial score (nSPS) is 11.0. The molecule has 0 aliphatic carbocycles. The van der Waals surface area contributed by atoms with Gasteiger partial charge in [0.05, 0.1) is 30.6 Å². The molecule has 0 unspecified atom stereocenters. The van der Waals surface area contributed by atoms with Crippen LogP contribution in [0.25, 0.3) is 22.3 Å². The third-order valence-corrected chi connectivity index (χ3v) is 3.87. The van der Waals surface area contributed by atoms with E-state index in [-0.39, 0.29) is 24.5 Å². The highest BCUT2D eigenvalue weighted by Gasteiger charge is 2.13. The molecule has 0 aliphatic rings. The van der Waals surface area contributed by atoms with E-state index in [1.165, 1.54) is 12.4 Å². The maximum absolute atomic E-state index is 12.8. The predicted octanol–water partition coefficient (Wildman–Crippen LogP) is -0.0175. The first kappa shape index (κ1) is 18.7. The minimum absolute atomic E-state index is 0.117. The number of fused-ring (bicyclic) bond motifs is 1. The summed E-state index contributed by atoms with van der Waals surface area (Å²) in [6.07, 6.45) is 4.48. The Kier molecular flexibility index (Phi) is 5.89. The van der Waals surface area contributed by atoms with Crippen LogP contribution in [0.4, 0.5) is 5.82 Å². The van der Waals surface area contributed by atoms with E-state index in [0.29, 0.717) is 42.0 Å². The standard InChI is InChI=1S/C17H20N6O4/c1-2-27-6-4-23-14-7-12(11-8-20-17(26)21-9-11)19-10-13(14)22-15(16(23)25)18-3-5-24/h7-10,24H,2-6H2,1H3,(H,18,22)(H,20,21,26). The average molecular weight is 372 g/mol. The van der Waals surface area contributed by atoms with Gasteiger partial charge in [0, 0.05) is 37.7 Å². The summed E-state index contributed by atoms with van der Waals surface area (Å²) in [5.74, 6) is 0.147. The van der Waals surface area contributed by atoms with Gasteiger partial charge in [0.25, 0.3) is 5.56 Å². The number of hydrogen-bond donors (Lipinski definition) is 3. The fourth-order valence-electron chi connectivity index (χ4n) is 2.60. The van der Waals surface area contributed by atoms with E-state index in [0.717, 1.165) is 0 Å². The maximum atomic E-state index is 12.8. The van der Waals surface area contributed by atoms with Crippen LogP contribution in [0.15, 0.2) is 34.2 Å². The molecule has 10 nitrogen and oxygen atoms in total. The molecule has 0 bridgehead atoms. The zero-order valence-electron chi connectivity index (χ0n) is 14.8. The van der Waals surface area contributed by atoms with Gasteiger partial charge in [-0.3, -0.25) is 9.78 Å². The van der Waals surface area contributed by atoms with E-state index in [1.807, 2.05) is 6.92 Å². The van der Waals surface area contributed by atoms with E-state index >= 15 is 0 Å². The summed E-state index contributed by atoms with van der Waals surface area (Å²) in [5, 5.41) is 11.8. The lowest BCUT2D eigenvalue weighted by Crippen LogP contribution is -2.28. The Hall–Kier alpha value is -3.11. The molecule has 0 saturated heterocycles. The highest BCUT2D eigenvalue weighted by atomic mass is 16.5. The van der Waals surface area contributed by atoms with Crippen LogP contribution < -0.4 is 16.6 Å². The molecule has 3 aromatic heterocycles. The molecular formula is C17H20N6O4. The van der Waals surface area contributed by atoms with Crippen molar-refractivity contribution in [1.29, 1.82) is 0 Å². The first-order chi connectivity index (χ1) is 13.1. The molecule has 142 valence electrons. The van der Waals surface area contributed by atoms with Gasteiger partial charge in [0.2, 0.25) is 0 Å². The second-order valence-electron chi connectivity index (χ2n) is 5.63. The first-order valence-corrected chi connectivity index (χ1v) is 8.52. The van der Waals surface area contributed by atoms with Crippen molar-refractivity contribution in [2.45, 2.75) is 13.5 Å². The Morgan fingerprint density at radius 1 is 1.30 bits per heavy atom. The zero-order chi connectivity index (χ0) is 19.2. The van der Waals surface area contributed by atoms with Crippen molar-refractivity contribution in [1.82, 2.24) is 24.5 Å². The topological polar surface area (TPSA) is 135 Å². The summed E-state index contributed by atoms with van der Waals surface area (Å²) in [6, 6.07) is 1.72. The monoisotopic (exact) mass is 372 g/mol. The summed E-state index contributed by atoms with van der Waals surface area (Å²) in [5.41, 5.74) is 1.51. The van der Waals surface area contributed by atoms with Crippen LogP contribution in [0.3, 0.4) is 0 Å². The molecule has 3 N–H and O–H groups in total. The number of nitrogens with zero attached hydrogens (tertiary/aromatic N) is 4. The van der Waals surface area contributed by atoms with Crippen molar-refractivity contribution in [3.05, 3.63) is 45.5 Å². The molecule has 27 heavy (non-hydrogen) atoms. The smallest absolute Gasteiger partial charge is 0.344 e. The summed E-state index contributed by atoms with van der Waals surface area (Å²) in [6.45, 7) is 3.23. The highest BCUT2D eigenvalue weighted by molar-refractivity contribution is 5.80.